The number of hydrogen-bond acceptors (Lipinski definition) is 3. The molecule has 0 aliphatic carbocycles. The van der Waals surface area contributed by atoms with Gasteiger partial charge in [0.1, 0.15) is 0 Å². The quantitative estimate of drug-likeness (QED) is 0.678. The minimum absolute atomic E-state index is 0.0337. The molecule has 2 aromatic rings. The number of hydrogen-bond donors (Lipinski definition) is 1. The summed E-state index contributed by atoms with van der Waals surface area (Å²) in [5, 5.41) is 13.2. The van der Waals surface area contributed by atoms with Gasteiger partial charge in [0, 0.05) is 12.1 Å². The highest BCUT2D eigenvalue weighted by Gasteiger charge is 2.13. The van der Waals surface area contributed by atoms with Crippen molar-refractivity contribution >= 4 is 11.6 Å². The van der Waals surface area contributed by atoms with Gasteiger partial charge < -0.3 is 5.32 Å². The second kappa shape index (κ2) is 6.95. The van der Waals surface area contributed by atoms with E-state index < -0.39 is 22.6 Å². The summed E-state index contributed by atoms with van der Waals surface area (Å²) in [5.41, 5.74) is 1.01. The van der Waals surface area contributed by atoms with E-state index in [4.69, 9.17) is 0 Å². The predicted molar refractivity (Wildman–Crippen MR) is 79.7 cm³/mol. The Morgan fingerprint density at radius 3 is 2.39 bits per heavy atom. The van der Waals surface area contributed by atoms with E-state index in [1.165, 1.54) is 30.3 Å². The minimum Gasteiger partial charge on any atom is -0.349 e. The Kier molecular flexibility index (Phi) is 5.00. The number of halogens is 2. The molecule has 0 aromatic heterocycles. The van der Waals surface area contributed by atoms with Gasteiger partial charge in [-0.05, 0) is 30.2 Å². The van der Waals surface area contributed by atoms with E-state index in [0.29, 0.717) is 11.1 Å². The van der Waals surface area contributed by atoms with E-state index in [2.05, 4.69) is 5.32 Å². The zero-order chi connectivity index (χ0) is 17.0. The van der Waals surface area contributed by atoms with E-state index in [9.17, 15) is 23.7 Å². The maximum absolute atomic E-state index is 13.2. The van der Waals surface area contributed by atoms with Gasteiger partial charge in [-0.3, -0.25) is 14.9 Å². The highest BCUT2D eigenvalue weighted by molar-refractivity contribution is 5.79. The standard InChI is InChI=1S/C16H14F2N2O3/c1-10(12-4-7-14(17)15(18)9-12)19-16(21)8-11-2-5-13(6-3-11)20(22)23/h2-7,9-10H,8H2,1H3,(H,19,21)/t10-/m1/s1. The van der Waals surface area contributed by atoms with Crippen LogP contribution in [0.1, 0.15) is 24.1 Å². The Bertz CT molecular complexity index is 733. The van der Waals surface area contributed by atoms with E-state index in [1.807, 2.05) is 0 Å². The molecule has 120 valence electrons. The van der Waals surface area contributed by atoms with Crippen molar-refractivity contribution in [3.8, 4) is 0 Å². The summed E-state index contributed by atoms with van der Waals surface area (Å²) >= 11 is 0. The van der Waals surface area contributed by atoms with Crippen LogP contribution in [0.4, 0.5) is 14.5 Å². The maximum Gasteiger partial charge on any atom is 0.269 e. The van der Waals surface area contributed by atoms with Crippen LogP contribution < -0.4 is 5.32 Å². The lowest BCUT2D eigenvalue weighted by Crippen LogP contribution is -2.28. The second-order valence-electron chi connectivity index (χ2n) is 5.06. The molecule has 0 saturated carbocycles. The van der Waals surface area contributed by atoms with Crippen LogP contribution in [-0.2, 0) is 11.2 Å². The summed E-state index contributed by atoms with van der Waals surface area (Å²) in [4.78, 5) is 22.0. The molecule has 0 fully saturated rings. The fourth-order valence-corrected chi connectivity index (χ4v) is 2.08. The fourth-order valence-electron chi connectivity index (χ4n) is 2.08. The molecule has 0 spiro atoms. The number of carbonyl (C=O) groups is 1. The van der Waals surface area contributed by atoms with Crippen LogP contribution in [-0.4, -0.2) is 10.8 Å². The number of benzene rings is 2. The third-order valence-corrected chi connectivity index (χ3v) is 3.33. The summed E-state index contributed by atoms with van der Waals surface area (Å²) in [6.45, 7) is 1.65. The molecule has 5 nitrogen and oxygen atoms in total. The first kappa shape index (κ1) is 16.5. The molecule has 1 N–H and O–H groups in total. The summed E-state index contributed by atoms with van der Waals surface area (Å²) < 4.78 is 26.1. The average Bonchev–Trinajstić information content (AvgIpc) is 2.50. The maximum atomic E-state index is 13.2. The lowest BCUT2D eigenvalue weighted by molar-refractivity contribution is -0.384. The Labute approximate surface area is 131 Å². The Morgan fingerprint density at radius 2 is 1.83 bits per heavy atom. The number of nitrogens with one attached hydrogen (secondary N) is 1. The number of rotatable bonds is 5. The van der Waals surface area contributed by atoms with Gasteiger partial charge in [-0.15, -0.1) is 0 Å². The Balaban J connectivity index is 1.98. The summed E-state index contributed by atoms with van der Waals surface area (Å²) in [6.07, 6.45) is 0.0337. The van der Waals surface area contributed by atoms with Gasteiger partial charge in [0.15, 0.2) is 11.6 Å². The highest BCUT2D eigenvalue weighted by atomic mass is 19.2. The molecule has 1 amide bonds. The van der Waals surface area contributed by atoms with Crippen LogP contribution in [0.3, 0.4) is 0 Å². The molecule has 23 heavy (non-hydrogen) atoms. The number of carbonyl (C=O) groups excluding carboxylic acids is 1. The molecule has 0 aliphatic heterocycles. The first-order chi connectivity index (χ1) is 10.9. The zero-order valence-corrected chi connectivity index (χ0v) is 12.3. The fraction of sp³-hybridized carbons (Fsp3) is 0.188. The lowest BCUT2D eigenvalue weighted by atomic mass is 10.1. The number of nitrogens with zero attached hydrogens (tertiary/aromatic N) is 1. The van der Waals surface area contributed by atoms with Crippen LogP contribution in [0.2, 0.25) is 0 Å². The molecule has 0 aliphatic rings. The summed E-state index contributed by atoms with van der Waals surface area (Å²) in [5.74, 6) is -2.24. The monoisotopic (exact) mass is 320 g/mol. The van der Waals surface area contributed by atoms with Gasteiger partial charge in [0.2, 0.25) is 5.91 Å². The summed E-state index contributed by atoms with van der Waals surface area (Å²) in [6, 6.07) is 8.59. The smallest absolute Gasteiger partial charge is 0.269 e. The minimum atomic E-state index is -0.973. The number of non-ortho nitro benzene ring substituents is 1. The van der Waals surface area contributed by atoms with Crippen molar-refractivity contribution in [2.24, 2.45) is 0 Å². The summed E-state index contributed by atoms with van der Waals surface area (Å²) in [7, 11) is 0. The molecule has 0 unspecified atom stereocenters. The molecule has 0 bridgehead atoms. The van der Waals surface area contributed by atoms with E-state index in [0.717, 1.165) is 12.1 Å². The van der Waals surface area contributed by atoms with Crippen molar-refractivity contribution in [3.63, 3.8) is 0 Å². The first-order valence-corrected chi connectivity index (χ1v) is 6.84. The number of nitro groups is 1. The van der Waals surface area contributed by atoms with E-state index in [1.54, 1.807) is 6.92 Å². The first-order valence-electron chi connectivity index (χ1n) is 6.84. The third kappa shape index (κ3) is 4.32. The molecule has 2 aromatic carbocycles. The van der Waals surface area contributed by atoms with Gasteiger partial charge >= 0.3 is 0 Å². The van der Waals surface area contributed by atoms with Crippen molar-refractivity contribution in [3.05, 3.63) is 75.3 Å². The molecular formula is C16H14F2N2O3. The molecule has 0 heterocycles. The van der Waals surface area contributed by atoms with Gasteiger partial charge in [0.05, 0.1) is 17.4 Å². The molecule has 2 rings (SSSR count). The van der Waals surface area contributed by atoms with Crippen molar-refractivity contribution in [1.82, 2.24) is 5.32 Å². The van der Waals surface area contributed by atoms with Gasteiger partial charge in [-0.1, -0.05) is 18.2 Å². The second-order valence-corrected chi connectivity index (χ2v) is 5.06. The van der Waals surface area contributed by atoms with Crippen LogP contribution >= 0.6 is 0 Å². The molecule has 0 radical (unpaired) electrons. The van der Waals surface area contributed by atoms with Crippen molar-refractivity contribution < 1.29 is 18.5 Å². The third-order valence-electron chi connectivity index (χ3n) is 3.33. The van der Waals surface area contributed by atoms with E-state index >= 15 is 0 Å². The molecular weight excluding hydrogens is 306 g/mol. The SMILES string of the molecule is C[C@@H](NC(=O)Cc1ccc([N+](=O)[O-])cc1)c1ccc(F)c(F)c1. The molecule has 7 heteroatoms. The van der Waals surface area contributed by atoms with Crippen LogP contribution in [0.25, 0.3) is 0 Å². The van der Waals surface area contributed by atoms with Crippen molar-refractivity contribution in [2.75, 3.05) is 0 Å². The zero-order valence-electron chi connectivity index (χ0n) is 12.3. The van der Waals surface area contributed by atoms with Crippen LogP contribution in [0.15, 0.2) is 42.5 Å². The van der Waals surface area contributed by atoms with Gasteiger partial charge in [0.25, 0.3) is 5.69 Å². The Morgan fingerprint density at radius 1 is 1.17 bits per heavy atom. The normalized spacial score (nSPS) is 11.8. The number of nitro benzene ring substituents is 1. The van der Waals surface area contributed by atoms with Crippen molar-refractivity contribution in [1.29, 1.82) is 0 Å². The van der Waals surface area contributed by atoms with E-state index in [-0.39, 0.29) is 18.0 Å². The van der Waals surface area contributed by atoms with Crippen molar-refractivity contribution in [2.45, 2.75) is 19.4 Å². The molecule has 0 saturated heterocycles. The largest absolute Gasteiger partial charge is 0.349 e. The lowest BCUT2D eigenvalue weighted by Gasteiger charge is -2.14. The van der Waals surface area contributed by atoms with Crippen LogP contribution in [0.5, 0.6) is 0 Å². The van der Waals surface area contributed by atoms with Gasteiger partial charge in [-0.2, -0.15) is 0 Å². The topological polar surface area (TPSA) is 72.2 Å². The number of amides is 1. The predicted octanol–water partition coefficient (Wildman–Crippen LogP) is 3.29. The van der Waals surface area contributed by atoms with Gasteiger partial charge in [-0.25, -0.2) is 8.78 Å². The molecule has 1 atom stereocenters. The van der Waals surface area contributed by atoms with Crippen LogP contribution in [0, 0.1) is 21.7 Å². The Hall–Kier alpha value is -2.83. The average molecular weight is 320 g/mol. The highest BCUT2D eigenvalue weighted by Crippen LogP contribution is 2.17.